The van der Waals surface area contributed by atoms with Crippen molar-refractivity contribution in [2.24, 2.45) is 0 Å². The lowest BCUT2D eigenvalue weighted by Gasteiger charge is -2.11. The minimum atomic E-state index is -0.281. The van der Waals surface area contributed by atoms with Crippen LogP contribution in [0.5, 0.6) is 0 Å². The fraction of sp³-hybridized carbons (Fsp3) is 0.211. The molecule has 0 fully saturated rings. The van der Waals surface area contributed by atoms with Crippen molar-refractivity contribution in [1.29, 1.82) is 0 Å². The number of halogens is 1. The van der Waals surface area contributed by atoms with Crippen LogP contribution in [0.2, 0.25) is 5.02 Å². The number of hydrogen-bond acceptors (Lipinski definition) is 5. The lowest BCUT2D eigenvalue weighted by Crippen LogP contribution is -2.13. The minimum Gasteiger partial charge on any atom is -0.462 e. The fourth-order valence-electron chi connectivity index (χ4n) is 2.41. The summed E-state index contributed by atoms with van der Waals surface area (Å²) in [7, 11) is 0. The molecule has 0 radical (unpaired) electrons. The van der Waals surface area contributed by atoms with Crippen LogP contribution in [0.25, 0.3) is 17.1 Å². The molecule has 134 valence electrons. The third kappa shape index (κ3) is 4.45. The molecule has 0 aliphatic rings. The minimum absolute atomic E-state index is 0.142. The maximum atomic E-state index is 11.9. The number of benzene rings is 2. The molecule has 26 heavy (non-hydrogen) atoms. The first-order valence-corrected chi connectivity index (χ1v) is 9.50. The van der Waals surface area contributed by atoms with Gasteiger partial charge in [-0.1, -0.05) is 53.7 Å². The van der Waals surface area contributed by atoms with Gasteiger partial charge in [0, 0.05) is 16.3 Å². The zero-order valence-corrected chi connectivity index (χ0v) is 16.0. The van der Waals surface area contributed by atoms with Crippen LogP contribution in [-0.2, 0) is 9.53 Å². The number of carbonyl (C=O) groups excluding carboxylic acids is 1. The van der Waals surface area contributed by atoms with Crippen molar-refractivity contribution in [2.75, 3.05) is 5.75 Å². The summed E-state index contributed by atoms with van der Waals surface area (Å²) in [6.07, 6.45) is -0.142. The molecule has 0 atom stereocenters. The van der Waals surface area contributed by atoms with E-state index in [4.69, 9.17) is 16.3 Å². The SMILES string of the molecule is CC(C)OC(=O)CSc1nnc(-c2cccc(Cl)c2)n1-c1ccccc1. The number of hydrogen-bond donors (Lipinski definition) is 0. The normalized spacial score (nSPS) is 10.9. The second-order valence-corrected chi connectivity index (χ2v) is 7.19. The number of aromatic nitrogens is 3. The Kier molecular flexibility index (Phi) is 5.96. The number of ether oxygens (including phenoxy) is 1. The van der Waals surface area contributed by atoms with Crippen molar-refractivity contribution in [3.8, 4) is 17.1 Å². The number of thioether (sulfide) groups is 1. The average molecular weight is 388 g/mol. The molecule has 2 aromatic carbocycles. The maximum absolute atomic E-state index is 11.9. The molecule has 0 spiro atoms. The van der Waals surface area contributed by atoms with Gasteiger partial charge in [-0.2, -0.15) is 0 Å². The number of nitrogens with zero attached hydrogens (tertiary/aromatic N) is 3. The zero-order chi connectivity index (χ0) is 18.5. The monoisotopic (exact) mass is 387 g/mol. The molecular weight excluding hydrogens is 370 g/mol. The van der Waals surface area contributed by atoms with E-state index in [9.17, 15) is 4.79 Å². The van der Waals surface area contributed by atoms with Crippen LogP contribution in [0.1, 0.15) is 13.8 Å². The molecule has 3 aromatic rings. The van der Waals surface area contributed by atoms with E-state index in [1.165, 1.54) is 11.8 Å². The lowest BCUT2D eigenvalue weighted by atomic mass is 10.2. The van der Waals surface area contributed by atoms with E-state index in [0.717, 1.165) is 11.3 Å². The van der Waals surface area contributed by atoms with E-state index < -0.39 is 0 Å². The Balaban J connectivity index is 1.96. The van der Waals surface area contributed by atoms with Gasteiger partial charge in [0.15, 0.2) is 11.0 Å². The highest BCUT2D eigenvalue weighted by molar-refractivity contribution is 7.99. The van der Waals surface area contributed by atoms with E-state index >= 15 is 0 Å². The Bertz CT molecular complexity index is 897. The largest absolute Gasteiger partial charge is 0.462 e. The molecule has 0 saturated heterocycles. The quantitative estimate of drug-likeness (QED) is 0.456. The van der Waals surface area contributed by atoms with Crippen LogP contribution in [0.15, 0.2) is 59.8 Å². The van der Waals surface area contributed by atoms with Gasteiger partial charge in [0.2, 0.25) is 0 Å². The van der Waals surface area contributed by atoms with Crippen molar-refractivity contribution in [3.05, 3.63) is 59.6 Å². The molecule has 1 aromatic heterocycles. The second kappa shape index (κ2) is 8.38. The molecule has 0 bridgehead atoms. The maximum Gasteiger partial charge on any atom is 0.316 e. The Hall–Kier alpha value is -2.31. The molecule has 1 heterocycles. The third-order valence-corrected chi connectivity index (χ3v) is 4.55. The van der Waals surface area contributed by atoms with Gasteiger partial charge in [0.25, 0.3) is 0 Å². The molecule has 7 heteroatoms. The Morgan fingerprint density at radius 3 is 2.62 bits per heavy atom. The summed E-state index contributed by atoms with van der Waals surface area (Å²) in [6, 6.07) is 17.2. The van der Waals surface area contributed by atoms with Gasteiger partial charge in [0.05, 0.1) is 11.9 Å². The third-order valence-electron chi connectivity index (χ3n) is 3.42. The smallest absolute Gasteiger partial charge is 0.316 e. The molecule has 0 amide bonds. The van der Waals surface area contributed by atoms with E-state index in [1.807, 2.05) is 73.0 Å². The van der Waals surface area contributed by atoms with Crippen LogP contribution < -0.4 is 0 Å². The fourth-order valence-corrected chi connectivity index (χ4v) is 3.33. The van der Waals surface area contributed by atoms with Gasteiger partial charge >= 0.3 is 5.97 Å². The summed E-state index contributed by atoms with van der Waals surface area (Å²) in [5.74, 6) is 0.550. The summed E-state index contributed by atoms with van der Waals surface area (Å²) in [4.78, 5) is 11.9. The van der Waals surface area contributed by atoms with Crippen LogP contribution in [0.4, 0.5) is 0 Å². The van der Waals surface area contributed by atoms with E-state index in [0.29, 0.717) is 16.0 Å². The number of esters is 1. The van der Waals surface area contributed by atoms with Gasteiger partial charge in [-0.3, -0.25) is 9.36 Å². The van der Waals surface area contributed by atoms with Crippen LogP contribution in [0, 0.1) is 0 Å². The van der Waals surface area contributed by atoms with E-state index in [2.05, 4.69) is 10.2 Å². The van der Waals surface area contributed by atoms with Crippen molar-refractivity contribution < 1.29 is 9.53 Å². The molecule has 5 nitrogen and oxygen atoms in total. The zero-order valence-electron chi connectivity index (χ0n) is 14.4. The Labute approximate surface area is 161 Å². The van der Waals surface area contributed by atoms with Crippen molar-refractivity contribution in [1.82, 2.24) is 14.8 Å². The highest BCUT2D eigenvalue weighted by Gasteiger charge is 2.18. The summed E-state index contributed by atoms with van der Waals surface area (Å²) in [5.41, 5.74) is 1.76. The highest BCUT2D eigenvalue weighted by Crippen LogP contribution is 2.29. The number of carbonyl (C=O) groups is 1. The molecular formula is C19H18ClN3O2S. The average Bonchev–Trinajstić information content (AvgIpc) is 3.04. The van der Waals surface area contributed by atoms with Crippen molar-refractivity contribution >= 4 is 29.3 Å². The van der Waals surface area contributed by atoms with Crippen LogP contribution >= 0.6 is 23.4 Å². The molecule has 0 saturated carbocycles. The van der Waals surface area contributed by atoms with Gasteiger partial charge in [0.1, 0.15) is 0 Å². The number of para-hydroxylation sites is 1. The Morgan fingerprint density at radius 2 is 1.92 bits per heavy atom. The summed E-state index contributed by atoms with van der Waals surface area (Å²) < 4.78 is 7.11. The topological polar surface area (TPSA) is 57.0 Å². The first-order chi connectivity index (χ1) is 12.5. The Morgan fingerprint density at radius 1 is 1.15 bits per heavy atom. The summed E-state index contributed by atoms with van der Waals surface area (Å²) >= 11 is 7.42. The molecule has 0 unspecified atom stereocenters. The standard InChI is InChI=1S/C19H18ClN3O2S/c1-13(2)25-17(24)12-26-19-22-21-18(14-7-6-8-15(20)11-14)23(19)16-9-4-3-5-10-16/h3-11,13H,12H2,1-2H3. The lowest BCUT2D eigenvalue weighted by molar-refractivity contribution is -0.144. The van der Waals surface area contributed by atoms with E-state index in [1.54, 1.807) is 0 Å². The molecule has 0 aliphatic heterocycles. The first-order valence-electron chi connectivity index (χ1n) is 8.13. The molecule has 0 aliphatic carbocycles. The van der Waals surface area contributed by atoms with Gasteiger partial charge in [-0.25, -0.2) is 0 Å². The van der Waals surface area contributed by atoms with Gasteiger partial charge in [-0.15, -0.1) is 10.2 Å². The number of rotatable bonds is 6. The predicted octanol–water partition coefficient (Wildman–Crippen LogP) is 4.63. The second-order valence-electron chi connectivity index (χ2n) is 5.81. The summed E-state index contributed by atoms with van der Waals surface area (Å²) in [6.45, 7) is 3.65. The molecule has 3 rings (SSSR count). The van der Waals surface area contributed by atoms with Crippen molar-refractivity contribution in [3.63, 3.8) is 0 Å². The van der Waals surface area contributed by atoms with Crippen LogP contribution in [-0.4, -0.2) is 32.6 Å². The predicted molar refractivity (Wildman–Crippen MR) is 104 cm³/mol. The highest BCUT2D eigenvalue weighted by atomic mass is 35.5. The van der Waals surface area contributed by atoms with Crippen molar-refractivity contribution in [2.45, 2.75) is 25.1 Å². The summed E-state index contributed by atoms with van der Waals surface area (Å²) in [5, 5.41) is 9.84. The van der Waals surface area contributed by atoms with E-state index in [-0.39, 0.29) is 17.8 Å². The first kappa shape index (κ1) is 18.5. The van der Waals surface area contributed by atoms with Gasteiger partial charge in [-0.05, 0) is 38.1 Å². The molecule has 0 N–H and O–H groups in total. The van der Waals surface area contributed by atoms with Crippen LogP contribution in [0.3, 0.4) is 0 Å². The van der Waals surface area contributed by atoms with Gasteiger partial charge < -0.3 is 4.74 Å².